The van der Waals surface area contributed by atoms with Crippen LogP contribution < -0.4 is 0 Å². The Balaban J connectivity index is 2.39. The number of aliphatic hydroxyl groups excluding tert-OH is 2. The summed E-state index contributed by atoms with van der Waals surface area (Å²) >= 11 is 3.14. The Morgan fingerprint density at radius 3 is 2.81 bits per heavy atom. The maximum atomic E-state index is 9.85. The van der Waals surface area contributed by atoms with E-state index in [0.717, 1.165) is 10.9 Å². The summed E-state index contributed by atoms with van der Waals surface area (Å²) in [5, 5.41) is 20.7. The number of halogens is 1. The summed E-state index contributed by atoms with van der Waals surface area (Å²) in [4.78, 5) is 4.19. The Bertz CT molecular complexity index is 489. The molecule has 84 valence electrons. The summed E-state index contributed by atoms with van der Waals surface area (Å²) in [6.45, 7) is 0. The van der Waals surface area contributed by atoms with E-state index in [9.17, 15) is 10.2 Å². The molecular weight excluding hydrogens is 270 g/mol. The second kappa shape index (κ2) is 4.91. The molecule has 0 fully saturated rings. The number of benzene rings is 1. The maximum absolute atomic E-state index is 9.85. The van der Waals surface area contributed by atoms with Gasteiger partial charge < -0.3 is 10.2 Å². The van der Waals surface area contributed by atoms with Crippen molar-refractivity contribution in [2.45, 2.75) is 12.2 Å². The van der Waals surface area contributed by atoms with E-state index in [1.54, 1.807) is 12.3 Å². The molecule has 1 aromatic carbocycles. The Kier molecular flexibility index (Phi) is 3.53. The minimum atomic E-state index is -0.871. The minimum Gasteiger partial charge on any atom is -0.389 e. The molecule has 0 bridgehead atoms. The molecule has 0 aliphatic heterocycles. The van der Waals surface area contributed by atoms with Gasteiger partial charge >= 0.3 is 0 Å². The number of hydrogen-bond acceptors (Lipinski definition) is 3. The highest BCUT2D eigenvalue weighted by molar-refractivity contribution is 9.09. The van der Waals surface area contributed by atoms with Gasteiger partial charge in [0.15, 0.2) is 0 Å². The molecular formula is C12H12BrNO2. The fourth-order valence-electron chi connectivity index (χ4n) is 1.58. The lowest BCUT2D eigenvalue weighted by molar-refractivity contribution is 0.0343. The van der Waals surface area contributed by atoms with E-state index in [-0.39, 0.29) is 0 Å². The van der Waals surface area contributed by atoms with Gasteiger partial charge in [0.25, 0.3) is 0 Å². The van der Waals surface area contributed by atoms with Crippen LogP contribution >= 0.6 is 15.9 Å². The average molecular weight is 282 g/mol. The quantitative estimate of drug-likeness (QED) is 0.847. The number of rotatable bonds is 3. The predicted molar refractivity (Wildman–Crippen MR) is 66.5 cm³/mol. The standard InChI is InChI=1S/C12H12BrNO2/c13-7-11(15)12(16)9-3-4-10-8(6-9)2-1-5-14-10/h1-6,11-12,15-16H,7H2. The molecule has 3 nitrogen and oxygen atoms in total. The lowest BCUT2D eigenvalue weighted by atomic mass is 10.0. The molecule has 0 aliphatic carbocycles. The molecule has 2 aromatic rings. The van der Waals surface area contributed by atoms with E-state index in [1.807, 2.05) is 24.3 Å². The molecule has 2 N–H and O–H groups in total. The first-order valence-corrected chi connectivity index (χ1v) is 6.11. The topological polar surface area (TPSA) is 53.4 Å². The molecule has 1 heterocycles. The maximum Gasteiger partial charge on any atom is 0.106 e. The number of pyridine rings is 1. The van der Waals surface area contributed by atoms with Gasteiger partial charge in [-0.1, -0.05) is 28.1 Å². The van der Waals surface area contributed by atoms with Crippen LogP contribution in [0.3, 0.4) is 0 Å². The summed E-state index contributed by atoms with van der Waals surface area (Å²) in [7, 11) is 0. The van der Waals surface area contributed by atoms with Crippen molar-refractivity contribution in [1.82, 2.24) is 4.98 Å². The summed E-state index contributed by atoms with van der Waals surface area (Å²) in [5.74, 6) is 0. The van der Waals surface area contributed by atoms with Crippen LogP contribution in [0, 0.1) is 0 Å². The van der Waals surface area contributed by atoms with Gasteiger partial charge in [-0.3, -0.25) is 4.98 Å². The monoisotopic (exact) mass is 281 g/mol. The number of hydrogen-bond donors (Lipinski definition) is 2. The first kappa shape index (κ1) is 11.5. The van der Waals surface area contributed by atoms with Crippen molar-refractivity contribution in [3.63, 3.8) is 0 Å². The fourth-order valence-corrected chi connectivity index (χ4v) is 1.94. The molecule has 0 saturated heterocycles. The van der Waals surface area contributed by atoms with Crippen LogP contribution in [0.25, 0.3) is 10.9 Å². The van der Waals surface area contributed by atoms with Gasteiger partial charge in [0.1, 0.15) is 6.10 Å². The largest absolute Gasteiger partial charge is 0.389 e. The number of nitrogens with zero attached hydrogens (tertiary/aromatic N) is 1. The van der Waals surface area contributed by atoms with Crippen molar-refractivity contribution in [3.05, 3.63) is 42.1 Å². The van der Waals surface area contributed by atoms with Gasteiger partial charge in [-0.05, 0) is 23.8 Å². The van der Waals surface area contributed by atoms with Gasteiger partial charge in [-0.25, -0.2) is 0 Å². The molecule has 0 spiro atoms. The summed E-state index contributed by atoms with van der Waals surface area (Å²) in [5.41, 5.74) is 1.58. The zero-order chi connectivity index (χ0) is 11.5. The Morgan fingerprint density at radius 2 is 2.06 bits per heavy atom. The van der Waals surface area contributed by atoms with Gasteiger partial charge in [0.2, 0.25) is 0 Å². The van der Waals surface area contributed by atoms with Gasteiger partial charge in [0.05, 0.1) is 11.6 Å². The molecule has 0 radical (unpaired) electrons. The third-order valence-electron chi connectivity index (χ3n) is 2.49. The Morgan fingerprint density at radius 1 is 1.25 bits per heavy atom. The zero-order valence-corrected chi connectivity index (χ0v) is 10.1. The summed E-state index contributed by atoms with van der Waals surface area (Å²) in [6, 6.07) is 9.25. The molecule has 16 heavy (non-hydrogen) atoms. The molecule has 2 atom stereocenters. The molecule has 2 rings (SSSR count). The normalized spacial score (nSPS) is 14.9. The zero-order valence-electron chi connectivity index (χ0n) is 8.55. The summed E-state index contributed by atoms with van der Waals surface area (Å²) in [6.07, 6.45) is 0.0595. The molecule has 0 amide bonds. The van der Waals surface area contributed by atoms with Crippen LogP contribution in [0.1, 0.15) is 11.7 Å². The average Bonchev–Trinajstić information content (AvgIpc) is 2.36. The van der Waals surface area contributed by atoms with Crippen molar-refractivity contribution >= 4 is 26.8 Å². The van der Waals surface area contributed by atoms with Gasteiger partial charge in [-0.2, -0.15) is 0 Å². The van der Waals surface area contributed by atoms with E-state index >= 15 is 0 Å². The predicted octanol–water partition coefficient (Wildman–Crippen LogP) is 2.02. The second-order valence-electron chi connectivity index (χ2n) is 3.62. The van der Waals surface area contributed by atoms with E-state index in [2.05, 4.69) is 20.9 Å². The van der Waals surface area contributed by atoms with Crippen LogP contribution in [0.15, 0.2) is 36.5 Å². The van der Waals surface area contributed by atoms with Crippen molar-refractivity contribution in [2.75, 3.05) is 5.33 Å². The van der Waals surface area contributed by atoms with Crippen molar-refractivity contribution in [1.29, 1.82) is 0 Å². The highest BCUT2D eigenvalue weighted by atomic mass is 79.9. The number of alkyl halides is 1. The number of aromatic nitrogens is 1. The molecule has 1 aromatic heterocycles. The van der Waals surface area contributed by atoms with E-state index in [0.29, 0.717) is 10.9 Å². The van der Waals surface area contributed by atoms with Crippen molar-refractivity contribution < 1.29 is 10.2 Å². The first-order valence-electron chi connectivity index (χ1n) is 4.99. The van der Waals surface area contributed by atoms with Crippen LogP contribution in [-0.4, -0.2) is 26.6 Å². The lowest BCUT2D eigenvalue weighted by Crippen LogP contribution is -2.19. The van der Waals surface area contributed by atoms with E-state index < -0.39 is 12.2 Å². The highest BCUT2D eigenvalue weighted by Crippen LogP contribution is 2.22. The minimum absolute atomic E-state index is 0.346. The Labute approximate surface area is 102 Å². The second-order valence-corrected chi connectivity index (χ2v) is 4.27. The smallest absolute Gasteiger partial charge is 0.106 e. The SMILES string of the molecule is OC(CBr)C(O)c1ccc2ncccc2c1. The van der Waals surface area contributed by atoms with Gasteiger partial charge in [-0.15, -0.1) is 0 Å². The summed E-state index contributed by atoms with van der Waals surface area (Å²) < 4.78 is 0. The highest BCUT2D eigenvalue weighted by Gasteiger charge is 2.17. The molecule has 2 unspecified atom stereocenters. The van der Waals surface area contributed by atoms with Gasteiger partial charge in [0, 0.05) is 16.9 Å². The molecule has 4 heteroatoms. The first-order chi connectivity index (χ1) is 7.72. The van der Waals surface area contributed by atoms with Crippen molar-refractivity contribution in [3.8, 4) is 0 Å². The third kappa shape index (κ3) is 2.24. The molecule has 0 aliphatic rings. The number of fused-ring (bicyclic) bond motifs is 1. The van der Waals surface area contributed by atoms with Crippen molar-refractivity contribution in [2.24, 2.45) is 0 Å². The lowest BCUT2D eigenvalue weighted by Gasteiger charge is -2.16. The van der Waals surface area contributed by atoms with Crippen LogP contribution in [0.2, 0.25) is 0 Å². The fraction of sp³-hybridized carbons (Fsp3) is 0.250. The van der Waals surface area contributed by atoms with E-state index in [4.69, 9.17) is 0 Å². The van der Waals surface area contributed by atoms with Crippen LogP contribution in [-0.2, 0) is 0 Å². The Hall–Kier alpha value is -0.970. The van der Waals surface area contributed by atoms with Crippen LogP contribution in [0.4, 0.5) is 0 Å². The third-order valence-corrected chi connectivity index (χ3v) is 3.15. The molecule has 0 saturated carbocycles. The van der Waals surface area contributed by atoms with E-state index in [1.165, 1.54) is 0 Å². The number of aliphatic hydroxyl groups is 2. The van der Waals surface area contributed by atoms with Crippen LogP contribution in [0.5, 0.6) is 0 Å².